The number of hydrogen-bond donors (Lipinski definition) is 4. The molecular weight excluding hydrogens is 384 g/mol. The molecule has 1 amide bonds. The number of nitrogens with two attached hydrogens (primary N) is 2. The Bertz CT molecular complexity index is 1060. The Balaban J connectivity index is 1.69. The minimum Gasteiger partial charge on any atom is -0.478 e. The molecule has 1 atom stereocenters. The van der Waals surface area contributed by atoms with Gasteiger partial charge in [0.2, 0.25) is 6.10 Å². The largest absolute Gasteiger partial charge is 0.478 e. The maximum Gasteiger partial charge on any atom is 0.349 e. The fourth-order valence-electron chi connectivity index (χ4n) is 2.71. The number of aliphatic imine (C=N–C) groups is 1. The molecule has 8 nitrogen and oxygen atoms in total. The van der Waals surface area contributed by atoms with Crippen molar-refractivity contribution in [2.24, 2.45) is 16.5 Å². The molecule has 0 aliphatic heterocycles. The summed E-state index contributed by atoms with van der Waals surface area (Å²) in [5, 5.41) is 12.2. The molecule has 0 radical (unpaired) electrons. The first-order valence-electron chi connectivity index (χ1n) is 8.98. The SMILES string of the molecule is NC(N)=Nc1cccc(C(=O)Nc2ccc(OC(C(=O)O)c3ccccc3)cc2)c1. The zero-order valence-corrected chi connectivity index (χ0v) is 15.9. The second kappa shape index (κ2) is 9.24. The maximum atomic E-state index is 12.5. The quantitative estimate of drug-likeness (QED) is 0.352. The predicted molar refractivity (Wildman–Crippen MR) is 114 cm³/mol. The van der Waals surface area contributed by atoms with Crippen LogP contribution >= 0.6 is 0 Å². The molecule has 30 heavy (non-hydrogen) atoms. The molecule has 0 spiro atoms. The van der Waals surface area contributed by atoms with E-state index in [1.807, 2.05) is 0 Å². The molecule has 8 heteroatoms. The van der Waals surface area contributed by atoms with Crippen LogP contribution in [0.25, 0.3) is 0 Å². The van der Waals surface area contributed by atoms with Gasteiger partial charge in [-0.2, -0.15) is 0 Å². The molecule has 0 aromatic heterocycles. The van der Waals surface area contributed by atoms with Gasteiger partial charge in [0.1, 0.15) is 5.75 Å². The van der Waals surface area contributed by atoms with Crippen LogP contribution in [0.15, 0.2) is 83.9 Å². The summed E-state index contributed by atoms with van der Waals surface area (Å²) in [6, 6.07) is 21.6. The number of nitrogens with one attached hydrogen (secondary N) is 1. The summed E-state index contributed by atoms with van der Waals surface area (Å²) in [6.45, 7) is 0. The van der Waals surface area contributed by atoms with E-state index in [1.165, 1.54) is 0 Å². The first-order valence-corrected chi connectivity index (χ1v) is 8.98. The highest BCUT2D eigenvalue weighted by atomic mass is 16.5. The minimum atomic E-state index is -1.13. The van der Waals surface area contributed by atoms with Gasteiger partial charge in [0, 0.05) is 16.8 Å². The van der Waals surface area contributed by atoms with Gasteiger partial charge in [-0.25, -0.2) is 9.79 Å². The fraction of sp³-hybridized carbons (Fsp3) is 0.0455. The Morgan fingerprint density at radius 2 is 1.63 bits per heavy atom. The number of hydrogen-bond acceptors (Lipinski definition) is 4. The zero-order chi connectivity index (χ0) is 21.5. The lowest BCUT2D eigenvalue weighted by molar-refractivity contribution is -0.145. The summed E-state index contributed by atoms with van der Waals surface area (Å²) in [6.07, 6.45) is -1.13. The molecule has 6 N–H and O–H groups in total. The van der Waals surface area contributed by atoms with Gasteiger partial charge < -0.3 is 26.6 Å². The zero-order valence-electron chi connectivity index (χ0n) is 15.9. The lowest BCUT2D eigenvalue weighted by atomic mass is 10.1. The number of carboxylic acid groups (broad SMARTS) is 1. The number of rotatable bonds is 7. The number of amides is 1. The first-order chi connectivity index (χ1) is 14.4. The van der Waals surface area contributed by atoms with Crippen LogP contribution in [0.5, 0.6) is 5.75 Å². The molecule has 0 bridgehead atoms. The van der Waals surface area contributed by atoms with Crippen LogP contribution in [0.1, 0.15) is 22.0 Å². The Morgan fingerprint density at radius 3 is 2.27 bits per heavy atom. The summed E-state index contributed by atoms with van der Waals surface area (Å²) in [4.78, 5) is 27.9. The van der Waals surface area contributed by atoms with Crippen molar-refractivity contribution in [3.05, 3.63) is 90.0 Å². The highest BCUT2D eigenvalue weighted by Gasteiger charge is 2.21. The Hall–Kier alpha value is -4.33. The molecule has 0 saturated heterocycles. The lowest BCUT2D eigenvalue weighted by Crippen LogP contribution is -2.21. The van der Waals surface area contributed by atoms with Crippen LogP contribution in [0.2, 0.25) is 0 Å². The molecule has 0 aliphatic rings. The van der Waals surface area contributed by atoms with Crippen molar-refractivity contribution in [3.63, 3.8) is 0 Å². The smallest absolute Gasteiger partial charge is 0.349 e. The molecule has 3 rings (SSSR count). The molecule has 3 aromatic carbocycles. The van der Waals surface area contributed by atoms with E-state index in [-0.39, 0.29) is 11.9 Å². The summed E-state index contributed by atoms with van der Waals surface area (Å²) >= 11 is 0. The average molecular weight is 404 g/mol. The van der Waals surface area contributed by atoms with Crippen LogP contribution in [-0.4, -0.2) is 22.9 Å². The topological polar surface area (TPSA) is 140 Å². The van der Waals surface area contributed by atoms with Crippen LogP contribution in [0.3, 0.4) is 0 Å². The average Bonchev–Trinajstić information content (AvgIpc) is 2.73. The molecule has 0 saturated carbocycles. The first kappa shape index (κ1) is 20.4. The summed E-state index contributed by atoms with van der Waals surface area (Å²) in [7, 11) is 0. The molecular formula is C22H20N4O4. The molecule has 152 valence electrons. The van der Waals surface area contributed by atoms with Crippen LogP contribution < -0.4 is 21.5 Å². The van der Waals surface area contributed by atoms with E-state index in [9.17, 15) is 14.7 Å². The highest BCUT2D eigenvalue weighted by Crippen LogP contribution is 2.24. The third-order valence-corrected chi connectivity index (χ3v) is 4.06. The van der Waals surface area contributed by atoms with Crippen molar-refractivity contribution in [1.82, 2.24) is 0 Å². The van der Waals surface area contributed by atoms with Gasteiger partial charge in [-0.1, -0.05) is 36.4 Å². The summed E-state index contributed by atoms with van der Waals surface area (Å²) < 4.78 is 5.61. The monoisotopic (exact) mass is 404 g/mol. The highest BCUT2D eigenvalue weighted by molar-refractivity contribution is 6.04. The number of anilines is 1. The van der Waals surface area contributed by atoms with Gasteiger partial charge in [-0.15, -0.1) is 0 Å². The van der Waals surface area contributed by atoms with Crippen molar-refractivity contribution >= 4 is 29.2 Å². The second-order valence-corrected chi connectivity index (χ2v) is 6.31. The van der Waals surface area contributed by atoms with Crippen LogP contribution in [0, 0.1) is 0 Å². The number of carbonyl (C=O) groups is 2. The number of benzene rings is 3. The van der Waals surface area contributed by atoms with Gasteiger partial charge in [-0.3, -0.25) is 4.79 Å². The van der Waals surface area contributed by atoms with E-state index in [0.29, 0.717) is 28.3 Å². The van der Waals surface area contributed by atoms with E-state index < -0.39 is 12.1 Å². The van der Waals surface area contributed by atoms with Crippen molar-refractivity contribution in [2.75, 3.05) is 5.32 Å². The lowest BCUT2D eigenvalue weighted by Gasteiger charge is -2.16. The van der Waals surface area contributed by atoms with Crippen molar-refractivity contribution in [3.8, 4) is 5.75 Å². The van der Waals surface area contributed by atoms with Crippen LogP contribution in [-0.2, 0) is 4.79 Å². The number of nitrogens with zero attached hydrogens (tertiary/aromatic N) is 1. The summed E-state index contributed by atoms with van der Waals surface area (Å²) in [5.74, 6) is -1.18. The summed E-state index contributed by atoms with van der Waals surface area (Å²) in [5.41, 5.74) is 12.6. The van der Waals surface area contributed by atoms with E-state index in [4.69, 9.17) is 16.2 Å². The molecule has 1 unspecified atom stereocenters. The molecule has 0 fully saturated rings. The van der Waals surface area contributed by atoms with Gasteiger partial charge >= 0.3 is 5.97 Å². The van der Waals surface area contributed by atoms with E-state index in [1.54, 1.807) is 78.9 Å². The molecule has 3 aromatic rings. The predicted octanol–water partition coefficient (Wildman–Crippen LogP) is 3.05. The van der Waals surface area contributed by atoms with Crippen molar-refractivity contribution in [2.45, 2.75) is 6.10 Å². The van der Waals surface area contributed by atoms with Gasteiger partial charge in [0.15, 0.2) is 5.96 Å². The van der Waals surface area contributed by atoms with Gasteiger partial charge in [0.25, 0.3) is 5.91 Å². The Kier molecular flexibility index (Phi) is 6.29. The van der Waals surface area contributed by atoms with Gasteiger partial charge in [-0.05, 0) is 42.5 Å². The number of aliphatic carboxylic acids is 1. The van der Waals surface area contributed by atoms with E-state index >= 15 is 0 Å². The van der Waals surface area contributed by atoms with Gasteiger partial charge in [0.05, 0.1) is 5.69 Å². The number of carbonyl (C=O) groups excluding carboxylic acids is 1. The van der Waals surface area contributed by atoms with Crippen molar-refractivity contribution in [1.29, 1.82) is 0 Å². The Morgan fingerprint density at radius 1 is 0.933 bits per heavy atom. The Labute approximate surface area is 172 Å². The third kappa shape index (κ3) is 5.35. The fourth-order valence-corrected chi connectivity index (χ4v) is 2.71. The second-order valence-electron chi connectivity index (χ2n) is 6.31. The maximum absolute atomic E-state index is 12.5. The van der Waals surface area contributed by atoms with E-state index in [0.717, 1.165) is 0 Å². The van der Waals surface area contributed by atoms with E-state index in [2.05, 4.69) is 10.3 Å². The van der Waals surface area contributed by atoms with Crippen LogP contribution in [0.4, 0.5) is 11.4 Å². The normalized spacial score (nSPS) is 11.2. The standard InChI is InChI=1S/C22H20N4O4/c23-22(24)26-17-8-4-7-15(13-17)20(27)25-16-9-11-18(12-10-16)30-19(21(28)29)14-5-2-1-3-6-14/h1-13,19H,(H,25,27)(H,28,29)(H4,23,24,26). The number of guanidine groups is 1. The molecule has 0 heterocycles. The van der Waals surface area contributed by atoms with Crippen molar-refractivity contribution < 1.29 is 19.4 Å². The molecule has 0 aliphatic carbocycles. The number of carboxylic acids is 1. The minimum absolute atomic E-state index is 0.0988. The third-order valence-electron chi connectivity index (χ3n) is 4.06. The number of ether oxygens (including phenoxy) is 1.